The van der Waals surface area contributed by atoms with Crippen LogP contribution in [-0.2, 0) is 14.8 Å². The lowest BCUT2D eigenvalue weighted by atomic mass is 10.0. The third-order valence-corrected chi connectivity index (χ3v) is 4.51. The average Bonchev–Trinajstić information content (AvgIpc) is 2.45. The fourth-order valence-electron chi connectivity index (χ4n) is 1.80. The molecule has 0 saturated carbocycles. The molecule has 1 aromatic rings. The van der Waals surface area contributed by atoms with Crippen LogP contribution in [0.1, 0.15) is 12.8 Å². The van der Waals surface area contributed by atoms with Crippen molar-refractivity contribution < 1.29 is 36.4 Å². The number of hydrogen-bond acceptors (Lipinski definition) is 5. The van der Waals surface area contributed by atoms with Crippen LogP contribution in [0.2, 0.25) is 0 Å². The Morgan fingerprint density at radius 1 is 1.33 bits per heavy atom. The molecule has 12 heteroatoms. The van der Waals surface area contributed by atoms with Gasteiger partial charge in [0.15, 0.2) is 4.90 Å². The Morgan fingerprint density at radius 3 is 2.42 bits per heavy atom. The number of rotatable bonds is 8. The number of nitro benzene ring substituents is 1. The molecule has 0 amide bonds. The maximum absolute atomic E-state index is 12.8. The average molecular weight is 370 g/mol. The number of aliphatic carboxylic acids is 1. The second-order valence-electron chi connectivity index (χ2n) is 4.75. The summed E-state index contributed by atoms with van der Waals surface area (Å²) in [5.74, 6) is -3.68. The Bertz CT molecular complexity index is 720. The van der Waals surface area contributed by atoms with Crippen molar-refractivity contribution in [3.63, 3.8) is 0 Å². The van der Waals surface area contributed by atoms with E-state index in [0.717, 1.165) is 12.1 Å². The van der Waals surface area contributed by atoms with E-state index >= 15 is 0 Å². The quantitative estimate of drug-likeness (QED) is 0.532. The highest BCUT2D eigenvalue weighted by atomic mass is 32.2. The predicted molar refractivity (Wildman–Crippen MR) is 74.7 cm³/mol. The Hall–Kier alpha value is -2.21. The number of sulfonamides is 1. The molecule has 134 valence electrons. The molecule has 0 heterocycles. The number of carboxylic acid groups (broad SMARTS) is 1. The number of hydrogen-bond donors (Lipinski definition) is 2. The van der Waals surface area contributed by atoms with Crippen molar-refractivity contribution in [1.29, 1.82) is 0 Å². The van der Waals surface area contributed by atoms with Gasteiger partial charge in [0.1, 0.15) is 0 Å². The van der Waals surface area contributed by atoms with Crippen molar-refractivity contribution >= 4 is 21.7 Å². The highest BCUT2D eigenvalue weighted by Crippen LogP contribution is 2.30. The normalized spacial score (nSPS) is 13.5. The number of nitrogens with one attached hydrogen (secondary N) is 1. The van der Waals surface area contributed by atoms with Crippen LogP contribution in [0.5, 0.6) is 0 Å². The Kier molecular flexibility index (Phi) is 6.26. The second-order valence-corrected chi connectivity index (χ2v) is 6.48. The lowest BCUT2D eigenvalue weighted by Gasteiger charge is -2.20. The van der Waals surface area contributed by atoms with Gasteiger partial charge in [0, 0.05) is 19.0 Å². The molecule has 1 aromatic carbocycles. The van der Waals surface area contributed by atoms with Crippen LogP contribution in [0, 0.1) is 16.0 Å². The van der Waals surface area contributed by atoms with E-state index < -0.39 is 63.0 Å². The largest absolute Gasteiger partial charge is 0.481 e. The van der Waals surface area contributed by atoms with Gasteiger partial charge < -0.3 is 5.11 Å². The number of carbonyl (C=O) groups is 1. The Labute approximate surface area is 134 Å². The minimum atomic E-state index is -4.82. The first-order chi connectivity index (χ1) is 10.9. The molecule has 0 aliphatic carbocycles. The van der Waals surface area contributed by atoms with Gasteiger partial charge in [-0.25, -0.2) is 13.1 Å². The number of nitro groups is 1. The first-order valence-electron chi connectivity index (χ1n) is 6.46. The van der Waals surface area contributed by atoms with Gasteiger partial charge in [-0.2, -0.15) is 13.2 Å². The number of para-hydroxylation sites is 1. The predicted octanol–water partition coefficient (Wildman–Crippen LogP) is 1.92. The van der Waals surface area contributed by atoms with Crippen molar-refractivity contribution in [3.8, 4) is 0 Å². The van der Waals surface area contributed by atoms with Crippen LogP contribution >= 0.6 is 0 Å². The molecule has 0 aliphatic heterocycles. The number of benzene rings is 1. The van der Waals surface area contributed by atoms with Crippen LogP contribution in [0.3, 0.4) is 0 Å². The van der Waals surface area contributed by atoms with Crippen LogP contribution in [0.25, 0.3) is 0 Å². The molecule has 0 saturated heterocycles. The smallest absolute Gasteiger partial charge is 0.393 e. The van der Waals surface area contributed by atoms with Gasteiger partial charge >= 0.3 is 12.1 Å². The van der Waals surface area contributed by atoms with Gasteiger partial charge in [0.25, 0.3) is 5.69 Å². The monoisotopic (exact) mass is 370 g/mol. The molecule has 24 heavy (non-hydrogen) atoms. The van der Waals surface area contributed by atoms with E-state index in [4.69, 9.17) is 5.11 Å². The second kappa shape index (κ2) is 7.57. The molecule has 0 radical (unpaired) electrons. The third-order valence-electron chi connectivity index (χ3n) is 3.04. The van der Waals surface area contributed by atoms with E-state index in [1.54, 1.807) is 4.72 Å². The molecular formula is C12H13F3N2O6S. The summed E-state index contributed by atoms with van der Waals surface area (Å²) >= 11 is 0. The van der Waals surface area contributed by atoms with Crippen LogP contribution < -0.4 is 4.72 Å². The summed E-state index contributed by atoms with van der Waals surface area (Å²) in [5.41, 5.74) is -0.779. The molecule has 0 bridgehead atoms. The van der Waals surface area contributed by atoms with E-state index in [0.29, 0.717) is 0 Å². The summed E-state index contributed by atoms with van der Waals surface area (Å²) in [6, 6.07) is 4.19. The van der Waals surface area contributed by atoms with E-state index in [9.17, 15) is 36.5 Å². The third kappa shape index (κ3) is 5.45. The summed E-state index contributed by atoms with van der Waals surface area (Å²) in [7, 11) is -4.57. The van der Waals surface area contributed by atoms with Gasteiger partial charge in [0.05, 0.1) is 10.8 Å². The molecule has 1 rings (SSSR count). The van der Waals surface area contributed by atoms with Crippen LogP contribution in [0.4, 0.5) is 18.9 Å². The van der Waals surface area contributed by atoms with Crippen LogP contribution in [0.15, 0.2) is 29.2 Å². The fraction of sp³-hybridized carbons (Fsp3) is 0.417. The van der Waals surface area contributed by atoms with Crippen LogP contribution in [-0.4, -0.2) is 37.1 Å². The van der Waals surface area contributed by atoms with Gasteiger partial charge in [-0.15, -0.1) is 0 Å². The van der Waals surface area contributed by atoms with Crippen molar-refractivity contribution in [2.75, 3.05) is 6.54 Å². The zero-order valence-electron chi connectivity index (χ0n) is 12.0. The molecule has 1 atom stereocenters. The summed E-state index contributed by atoms with van der Waals surface area (Å²) in [4.78, 5) is 19.5. The maximum atomic E-state index is 12.8. The minimum absolute atomic E-state index is 0.769. The SMILES string of the molecule is O=C(O)CCC(CNS(=O)(=O)c1ccccc1[N+](=O)[O-])C(F)(F)F. The van der Waals surface area contributed by atoms with Gasteiger partial charge in [-0.1, -0.05) is 12.1 Å². The van der Waals surface area contributed by atoms with Gasteiger partial charge in [-0.05, 0) is 12.5 Å². The molecule has 8 nitrogen and oxygen atoms in total. The summed E-state index contributed by atoms with van der Waals surface area (Å²) in [6.07, 6.45) is -6.43. The zero-order chi connectivity index (χ0) is 18.5. The summed E-state index contributed by atoms with van der Waals surface area (Å²) in [5, 5.41) is 19.3. The minimum Gasteiger partial charge on any atom is -0.481 e. The molecular weight excluding hydrogens is 357 g/mol. The van der Waals surface area contributed by atoms with E-state index in [2.05, 4.69) is 0 Å². The number of halogens is 3. The molecule has 0 aliphatic rings. The van der Waals surface area contributed by atoms with E-state index in [1.807, 2.05) is 0 Å². The Balaban J connectivity index is 2.97. The molecule has 1 unspecified atom stereocenters. The van der Waals surface area contributed by atoms with E-state index in [-0.39, 0.29) is 0 Å². The maximum Gasteiger partial charge on any atom is 0.393 e. The van der Waals surface area contributed by atoms with Crippen molar-refractivity contribution in [2.24, 2.45) is 5.92 Å². The molecule has 0 spiro atoms. The first kappa shape index (κ1) is 19.8. The standard InChI is InChI=1S/C12H13F3N2O6S/c13-12(14,15)8(5-6-11(18)19)7-16-24(22,23)10-4-2-1-3-9(10)17(20)21/h1-4,8,16H,5-7H2,(H,18,19). The first-order valence-corrected chi connectivity index (χ1v) is 7.95. The van der Waals surface area contributed by atoms with Crippen molar-refractivity contribution in [1.82, 2.24) is 4.72 Å². The molecule has 2 N–H and O–H groups in total. The Morgan fingerprint density at radius 2 is 1.92 bits per heavy atom. The number of carboxylic acids is 1. The number of nitrogens with zero attached hydrogens (tertiary/aromatic N) is 1. The summed E-state index contributed by atoms with van der Waals surface area (Å²) < 4.78 is 64.2. The highest BCUT2D eigenvalue weighted by Gasteiger charge is 2.40. The van der Waals surface area contributed by atoms with E-state index in [1.165, 1.54) is 12.1 Å². The number of alkyl halides is 3. The lowest BCUT2D eigenvalue weighted by Crippen LogP contribution is -2.37. The summed E-state index contributed by atoms with van der Waals surface area (Å²) in [6.45, 7) is -1.12. The molecule has 0 fully saturated rings. The topological polar surface area (TPSA) is 127 Å². The zero-order valence-corrected chi connectivity index (χ0v) is 12.8. The lowest BCUT2D eigenvalue weighted by molar-refractivity contribution is -0.387. The van der Waals surface area contributed by atoms with Gasteiger partial charge in [0.2, 0.25) is 10.0 Å². The highest BCUT2D eigenvalue weighted by molar-refractivity contribution is 7.89. The van der Waals surface area contributed by atoms with Crippen molar-refractivity contribution in [2.45, 2.75) is 23.9 Å². The molecule has 0 aromatic heterocycles. The fourth-order valence-corrected chi connectivity index (χ4v) is 3.05. The van der Waals surface area contributed by atoms with Gasteiger partial charge in [-0.3, -0.25) is 14.9 Å². The van der Waals surface area contributed by atoms with Crippen molar-refractivity contribution in [3.05, 3.63) is 34.4 Å².